The number of aromatic nitrogens is 2. The first-order chi connectivity index (χ1) is 19.5. The van der Waals surface area contributed by atoms with Gasteiger partial charge in [-0.2, -0.15) is 26.3 Å². The first-order valence-electron chi connectivity index (χ1n) is 12.3. The Morgan fingerprint density at radius 3 is 1.88 bits per heavy atom. The number of para-hydroxylation sites is 2. The van der Waals surface area contributed by atoms with Gasteiger partial charge in [0.2, 0.25) is 5.95 Å². The van der Waals surface area contributed by atoms with Crippen LogP contribution >= 0.6 is 0 Å². The summed E-state index contributed by atoms with van der Waals surface area (Å²) in [5, 5.41) is 2.77. The van der Waals surface area contributed by atoms with Crippen molar-refractivity contribution in [1.82, 2.24) is 9.55 Å². The van der Waals surface area contributed by atoms with Crippen molar-refractivity contribution in [3.63, 3.8) is 0 Å². The van der Waals surface area contributed by atoms with Crippen molar-refractivity contribution < 1.29 is 35.9 Å². The van der Waals surface area contributed by atoms with Crippen molar-refractivity contribution >= 4 is 22.9 Å². The summed E-state index contributed by atoms with van der Waals surface area (Å²) < 4.78 is 84.4. The highest BCUT2D eigenvalue weighted by atomic mass is 19.4. The van der Waals surface area contributed by atoms with Gasteiger partial charge in [-0.3, -0.25) is 10.1 Å². The summed E-state index contributed by atoms with van der Waals surface area (Å²) in [4.78, 5) is 17.5. The van der Waals surface area contributed by atoms with Crippen molar-refractivity contribution in [3.05, 3.63) is 125 Å². The molecule has 41 heavy (non-hydrogen) atoms. The molecular formula is C30H21F6N3O2. The van der Waals surface area contributed by atoms with Crippen LogP contribution in [-0.4, -0.2) is 15.5 Å². The third-order valence-electron chi connectivity index (χ3n) is 6.31. The van der Waals surface area contributed by atoms with Crippen LogP contribution in [0.2, 0.25) is 0 Å². The molecule has 4 aromatic carbocycles. The smallest absolute Gasteiger partial charge is 0.416 e. The van der Waals surface area contributed by atoms with Crippen LogP contribution in [-0.2, 0) is 25.5 Å². The largest absolute Gasteiger partial charge is 0.489 e. The molecule has 0 fully saturated rings. The number of benzene rings is 4. The molecular weight excluding hydrogens is 548 g/mol. The number of halogens is 6. The number of hydrogen-bond acceptors (Lipinski definition) is 3. The standard InChI is InChI=1S/C30H21F6N3O2/c31-29(32,33)22-11-5-19(6-12-22)17-39-26-4-2-1-3-25(26)37-28(39)38-27(40)21-9-15-24(16-10-21)41-18-20-7-13-23(14-8-20)30(34,35)36/h1-16H,17-18H2,(H,37,38,40). The van der Waals surface area contributed by atoms with Crippen molar-refractivity contribution in [2.45, 2.75) is 25.5 Å². The number of imidazole rings is 1. The third kappa shape index (κ3) is 6.51. The summed E-state index contributed by atoms with van der Waals surface area (Å²) in [6.07, 6.45) is -8.86. The van der Waals surface area contributed by atoms with Crippen molar-refractivity contribution in [1.29, 1.82) is 0 Å². The van der Waals surface area contributed by atoms with E-state index in [1.165, 1.54) is 36.4 Å². The Balaban J connectivity index is 1.28. The normalized spacial score (nSPS) is 12.0. The van der Waals surface area contributed by atoms with E-state index in [0.717, 1.165) is 24.3 Å². The molecule has 5 aromatic rings. The summed E-state index contributed by atoms with van der Waals surface area (Å²) >= 11 is 0. The number of ether oxygens (including phenoxy) is 1. The van der Waals surface area contributed by atoms with E-state index < -0.39 is 29.4 Å². The minimum atomic E-state index is -4.44. The molecule has 0 aliphatic carbocycles. The average Bonchev–Trinajstić information content (AvgIpc) is 3.28. The Morgan fingerprint density at radius 1 is 0.732 bits per heavy atom. The van der Waals surface area contributed by atoms with Crippen LogP contribution in [0, 0.1) is 0 Å². The van der Waals surface area contributed by atoms with Gasteiger partial charge < -0.3 is 9.30 Å². The molecule has 1 heterocycles. The van der Waals surface area contributed by atoms with Gasteiger partial charge >= 0.3 is 12.4 Å². The minimum absolute atomic E-state index is 0.0393. The summed E-state index contributed by atoms with van der Waals surface area (Å²) in [6, 6.07) is 22.7. The maximum absolute atomic E-state index is 13.0. The first-order valence-corrected chi connectivity index (χ1v) is 12.3. The summed E-state index contributed by atoms with van der Waals surface area (Å²) in [7, 11) is 0. The number of nitrogens with zero attached hydrogens (tertiary/aromatic N) is 2. The van der Waals surface area contributed by atoms with E-state index in [9.17, 15) is 31.1 Å². The molecule has 0 aliphatic heterocycles. The number of carbonyl (C=O) groups is 1. The molecule has 0 radical (unpaired) electrons. The lowest BCUT2D eigenvalue weighted by Gasteiger charge is -2.12. The Bertz CT molecular complexity index is 1660. The molecule has 0 saturated heterocycles. The van der Waals surface area contributed by atoms with E-state index >= 15 is 0 Å². The predicted octanol–water partition coefficient (Wildman–Crippen LogP) is 7.95. The SMILES string of the molecule is O=C(Nc1nc2ccccc2n1Cc1ccc(C(F)(F)F)cc1)c1ccc(OCc2ccc(C(F)(F)F)cc2)cc1. The number of amides is 1. The molecule has 0 bridgehead atoms. The van der Waals surface area contributed by atoms with Gasteiger partial charge in [0.1, 0.15) is 12.4 Å². The average molecular weight is 570 g/mol. The molecule has 1 aromatic heterocycles. The lowest BCUT2D eigenvalue weighted by atomic mass is 10.1. The second-order valence-corrected chi connectivity index (χ2v) is 9.17. The second kappa shape index (κ2) is 11.0. The molecule has 5 nitrogen and oxygen atoms in total. The van der Waals surface area contributed by atoms with Gasteiger partial charge in [0.25, 0.3) is 5.91 Å². The Kier molecular flexibility index (Phi) is 7.44. The van der Waals surface area contributed by atoms with Gasteiger partial charge in [0.05, 0.1) is 28.7 Å². The lowest BCUT2D eigenvalue weighted by Crippen LogP contribution is -2.16. The molecule has 0 spiro atoms. The van der Waals surface area contributed by atoms with Gasteiger partial charge in [0, 0.05) is 5.56 Å². The van der Waals surface area contributed by atoms with E-state index in [-0.39, 0.29) is 19.1 Å². The van der Waals surface area contributed by atoms with Crippen LogP contribution in [0.25, 0.3) is 11.0 Å². The van der Waals surface area contributed by atoms with E-state index in [2.05, 4.69) is 10.3 Å². The van der Waals surface area contributed by atoms with Gasteiger partial charge in [-0.1, -0.05) is 36.4 Å². The fraction of sp³-hybridized carbons (Fsp3) is 0.133. The molecule has 11 heteroatoms. The highest BCUT2D eigenvalue weighted by Crippen LogP contribution is 2.31. The fourth-order valence-electron chi connectivity index (χ4n) is 4.15. The van der Waals surface area contributed by atoms with Crippen LogP contribution in [0.4, 0.5) is 32.3 Å². The zero-order valence-electron chi connectivity index (χ0n) is 21.1. The summed E-state index contributed by atoms with van der Waals surface area (Å²) in [5.41, 5.74) is 1.22. The third-order valence-corrected chi connectivity index (χ3v) is 6.31. The number of anilines is 1. The van der Waals surface area contributed by atoms with Crippen LogP contribution in [0.5, 0.6) is 5.75 Å². The van der Waals surface area contributed by atoms with Crippen LogP contribution < -0.4 is 10.1 Å². The maximum Gasteiger partial charge on any atom is 0.416 e. The Labute approximate surface area is 230 Å². The van der Waals surface area contributed by atoms with Crippen molar-refractivity contribution in [2.75, 3.05) is 5.32 Å². The number of fused-ring (bicyclic) bond motifs is 1. The molecule has 1 amide bonds. The maximum atomic E-state index is 13.0. The zero-order chi connectivity index (χ0) is 29.2. The molecule has 0 unspecified atom stereocenters. The fourth-order valence-corrected chi connectivity index (χ4v) is 4.15. The zero-order valence-corrected chi connectivity index (χ0v) is 21.1. The highest BCUT2D eigenvalue weighted by molar-refractivity contribution is 6.04. The molecule has 1 N–H and O–H groups in total. The number of rotatable bonds is 7. The summed E-state index contributed by atoms with van der Waals surface area (Å²) in [5.74, 6) is 0.165. The molecule has 0 atom stereocenters. The highest BCUT2D eigenvalue weighted by Gasteiger charge is 2.30. The topological polar surface area (TPSA) is 56.2 Å². The first kappa shape index (κ1) is 27.8. The number of nitrogens with one attached hydrogen (secondary N) is 1. The number of alkyl halides is 6. The van der Waals surface area contributed by atoms with Gasteiger partial charge in [0.15, 0.2) is 0 Å². The van der Waals surface area contributed by atoms with Gasteiger partial charge in [-0.25, -0.2) is 4.98 Å². The molecule has 0 aliphatic rings. The molecule has 5 rings (SSSR count). The number of hydrogen-bond donors (Lipinski definition) is 1. The minimum Gasteiger partial charge on any atom is -0.489 e. The van der Waals surface area contributed by atoms with E-state index in [0.29, 0.717) is 33.5 Å². The van der Waals surface area contributed by atoms with Crippen LogP contribution in [0.15, 0.2) is 97.1 Å². The quantitative estimate of drug-likeness (QED) is 0.203. The summed E-state index contributed by atoms with van der Waals surface area (Å²) in [6.45, 7) is 0.211. The van der Waals surface area contributed by atoms with Crippen LogP contribution in [0.3, 0.4) is 0 Å². The molecule has 210 valence electrons. The Morgan fingerprint density at radius 2 is 1.29 bits per heavy atom. The van der Waals surface area contributed by atoms with Gasteiger partial charge in [-0.15, -0.1) is 0 Å². The van der Waals surface area contributed by atoms with E-state index in [1.54, 1.807) is 41.0 Å². The van der Waals surface area contributed by atoms with Crippen LogP contribution in [0.1, 0.15) is 32.6 Å². The molecule has 0 saturated carbocycles. The van der Waals surface area contributed by atoms with E-state index in [4.69, 9.17) is 4.74 Å². The lowest BCUT2D eigenvalue weighted by molar-refractivity contribution is -0.138. The monoisotopic (exact) mass is 569 g/mol. The second-order valence-electron chi connectivity index (χ2n) is 9.17. The number of carbonyl (C=O) groups excluding carboxylic acids is 1. The predicted molar refractivity (Wildman–Crippen MR) is 140 cm³/mol. The van der Waals surface area contributed by atoms with Gasteiger partial charge in [-0.05, 0) is 71.8 Å². The van der Waals surface area contributed by atoms with Crippen molar-refractivity contribution in [2.24, 2.45) is 0 Å². The van der Waals surface area contributed by atoms with E-state index in [1.807, 2.05) is 0 Å². The van der Waals surface area contributed by atoms with Crippen molar-refractivity contribution in [3.8, 4) is 5.75 Å². The Hall–Kier alpha value is -4.80.